The van der Waals surface area contributed by atoms with Gasteiger partial charge < -0.3 is 0 Å². The van der Waals surface area contributed by atoms with Gasteiger partial charge in [-0.15, -0.1) is 11.3 Å². The summed E-state index contributed by atoms with van der Waals surface area (Å²) in [5.41, 5.74) is 1.15. The second-order valence-corrected chi connectivity index (χ2v) is 9.32. The Morgan fingerprint density at radius 3 is 2.68 bits per heavy atom. The first kappa shape index (κ1) is 16.4. The van der Waals surface area contributed by atoms with Gasteiger partial charge in [0, 0.05) is 37.5 Å². The van der Waals surface area contributed by atoms with Crippen LogP contribution in [0.15, 0.2) is 5.38 Å². The standard InChI is InChI=1S/C15H25N3O2S2/c1-22(19,20)18-8-4-7-17(9-10-18)11-14-12-21-15(16-14)13-5-2-3-6-13/h12-13H,2-11H2,1H3. The first-order valence-corrected chi connectivity index (χ1v) is 10.9. The molecule has 5 nitrogen and oxygen atoms in total. The molecule has 1 aliphatic heterocycles. The van der Waals surface area contributed by atoms with E-state index < -0.39 is 10.0 Å². The fraction of sp³-hybridized carbons (Fsp3) is 0.800. The van der Waals surface area contributed by atoms with E-state index in [2.05, 4.69) is 10.3 Å². The molecule has 0 radical (unpaired) electrons. The minimum absolute atomic E-state index is 0.596. The Morgan fingerprint density at radius 2 is 1.95 bits per heavy atom. The minimum atomic E-state index is -3.06. The zero-order valence-corrected chi connectivity index (χ0v) is 14.8. The predicted molar refractivity (Wildman–Crippen MR) is 89.6 cm³/mol. The number of hydrogen-bond donors (Lipinski definition) is 0. The van der Waals surface area contributed by atoms with Gasteiger partial charge in [-0.25, -0.2) is 17.7 Å². The van der Waals surface area contributed by atoms with Crippen molar-refractivity contribution in [3.63, 3.8) is 0 Å². The molecule has 1 aromatic rings. The fourth-order valence-electron chi connectivity index (χ4n) is 3.42. The van der Waals surface area contributed by atoms with Gasteiger partial charge in [0.15, 0.2) is 0 Å². The van der Waals surface area contributed by atoms with E-state index in [1.807, 2.05) is 0 Å². The molecule has 0 spiro atoms. The number of rotatable bonds is 4. The van der Waals surface area contributed by atoms with Gasteiger partial charge in [0.1, 0.15) is 0 Å². The smallest absolute Gasteiger partial charge is 0.211 e. The molecule has 124 valence electrons. The van der Waals surface area contributed by atoms with Crippen LogP contribution in [0.3, 0.4) is 0 Å². The van der Waals surface area contributed by atoms with Crippen molar-refractivity contribution < 1.29 is 8.42 Å². The Bertz CT molecular complexity index is 594. The van der Waals surface area contributed by atoms with Crippen LogP contribution in [0.25, 0.3) is 0 Å². The summed E-state index contributed by atoms with van der Waals surface area (Å²) in [5.74, 6) is 0.684. The second-order valence-electron chi connectivity index (χ2n) is 6.45. The quantitative estimate of drug-likeness (QED) is 0.841. The van der Waals surface area contributed by atoms with Crippen LogP contribution in [0.4, 0.5) is 0 Å². The van der Waals surface area contributed by atoms with Crippen LogP contribution >= 0.6 is 11.3 Å². The number of hydrogen-bond acceptors (Lipinski definition) is 5. The van der Waals surface area contributed by atoms with Crippen LogP contribution in [-0.2, 0) is 16.6 Å². The van der Waals surface area contributed by atoms with Gasteiger partial charge in [-0.3, -0.25) is 4.90 Å². The molecule has 0 amide bonds. The lowest BCUT2D eigenvalue weighted by atomic mass is 10.1. The molecule has 1 saturated carbocycles. The Labute approximate surface area is 137 Å². The zero-order valence-electron chi connectivity index (χ0n) is 13.2. The first-order valence-electron chi connectivity index (χ1n) is 8.14. The van der Waals surface area contributed by atoms with E-state index in [4.69, 9.17) is 4.98 Å². The summed E-state index contributed by atoms with van der Waals surface area (Å²) in [4.78, 5) is 7.16. The van der Waals surface area contributed by atoms with Gasteiger partial charge in [0.05, 0.1) is 17.0 Å². The highest BCUT2D eigenvalue weighted by Crippen LogP contribution is 2.35. The van der Waals surface area contributed by atoms with Crippen molar-refractivity contribution in [2.75, 3.05) is 32.4 Å². The monoisotopic (exact) mass is 343 g/mol. The second kappa shape index (κ2) is 6.95. The van der Waals surface area contributed by atoms with Gasteiger partial charge in [0.2, 0.25) is 10.0 Å². The molecule has 3 rings (SSSR count). The van der Waals surface area contributed by atoms with Crippen molar-refractivity contribution in [2.45, 2.75) is 44.6 Å². The highest BCUT2D eigenvalue weighted by molar-refractivity contribution is 7.88. The van der Waals surface area contributed by atoms with E-state index in [1.54, 1.807) is 15.6 Å². The SMILES string of the molecule is CS(=O)(=O)N1CCCN(Cc2csc(C3CCCC3)n2)CC1. The summed E-state index contributed by atoms with van der Waals surface area (Å²) >= 11 is 1.80. The molecule has 1 aliphatic carbocycles. The Hall–Kier alpha value is -0.500. The maximum Gasteiger partial charge on any atom is 0.211 e. The van der Waals surface area contributed by atoms with Crippen LogP contribution in [0.5, 0.6) is 0 Å². The molecular formula is C15H25N3O2S2. The molecule has 0 atom stereocenters. The Kier molecular flexibility index (Phi) is 5.17. The molecule has 0 aromatic carbocycles. The van der Waals surface area contributed by atoms with Crippen LogP contribution in [0.2, 0.25) is 0 Å². The number of aromatic nitrogens is 1. The third-order valence-corrected chi connectivity index (χ3v) is 7.04. The van der Waals surface area contributed by atoms with Gasteiger partial charge in [-0.1, -0.05) is 12.8 Å². The number of thiazole rings is 1. The molecule has 0 unspecified atom stereocenters. The average Bonchev–Trinajstić information content (AvgIpc) is 3.06. The van der Waals surface area contributed by atoms with Gasteiger partial charge >= 0.3 is 0 Å². The van der Waals surface area contributed by atoms with E-state index in [0.29, 0.717) is 19.0 Å². The van der Waals surface area contributed by atoms with E-state index in [0.717, 1.165) is 31.7 Å². The Balaban J connectivity index is 1.57. The minimum Gasteiger partial charge on any atom is -0.296 e. The summed E-state index contributed by atoms with van der Waals surface area (Å²) in [6.07, 6.45) is 7.46. The highest BCUT2D eigenvalue weighted by atomic mass is 32.2. The van der Waals surface area contributed by atoms with Crippen molar-refractivity contribution in [1.82, 2.24) is 14.2 Å². The molecule has 0 bridgehead atoms. The van der Waals surface area contributed by atoms with Crippen LogP contribution in [-0.4, -0.2) is 55.0 Å². The highest BCUT2D eigenvalue weighted by Gasteiger charge is 2.23. The lowest BCUT2D eigenvalue weighted by molar-refractivity contribution is 0.276. The van der Waals surface area contributed by atoms with Crippen molar-refractivity contribution in [3.8, 4) is 0 Å². The van der Waals surface area contributed by atoms with Crippen molar-refractivity contribution in [2.24, 2.45) is 0 Å². The van der Waals surface area contributed by atoms with Crippen molar-refractivity contribution in [3.05, 3.63) is 16.1 Å². The molecular weight excluding hydrogens is 318 g/mol. The Morgan fingerprint density at radius 1 is 1.18 bits per heavy atom. The largest absolute Gasteiger partial charge is 0.296 e. The molecule has 2 fully saturated rings. The number of nitrogens with zero attached hydrogens (tertiary/aromatic N) is 3. The van der Waals surface area contributed by atoms with E-state index in [-0.39, 0.29) is 0 Å². The maximum atomic E-state index is 11.7. The first-order chi connectivity index (χ1) is 10.5. The molecule has 22 heavy (non-hydrogen) atoms. The summed E-state index contributed by atoms with van der Waals surface area (Å²) < 4.78 is 24.9. The molecule has 0 N–H and O–H groups in total. The molecule has 2 heterocycles. The molecule has 2 aliphatic rings. The van der Waals surface area contributed by atoms with Crippen LogP contribution in [0.1, 0.15) is 48.7 Å². The van der Waals surface area contributed by atoms with Gasteiger partial charge in [0.25, 0.3) is 0 Å². The maximum absolute atomic E-state index is 11.7. The van der Waals surface area contributed by atoms with Crippen LogP contribution < -0.4 is 0 Å². The summed E-state index contributed by atoms with van der Waals surface area (Å²) in [7, 11) is -3.06. The topological polar surface area (TPSA) is 53.5 Å². The van der Waals surface area contributed by atoms with Gasteiger partial charge in [-0.2, -0.15) is 0 Å². The van der Waals surface area contributed by atoms with E-state index >= 15 is 0 Å². The lowest BCUT2D eigenvalue weighted by Gasteiger charge is -2.19. The van der Waals surface area contributed by atoms with Crippen LogP contribution in [0, 0.1) is 0 Å². The number of sulfonamides is 1. The zero-order chi connectivity index (χ0) is 15.6. The third kappa shape index (κ3) is 4.07. The molecule has 7 heteroatoms. The molecule has 1 aromatic heterocycles. The fourth-order valence-corrected chi connectivity index (χ4v) is 5.28. The third-order valence-electron chi connectivity index (χ3n) is 4.68. The molecule has 1 saturated heterocycles. The summed E-state index contributed by atoms with van der Waals surface area (Å²) in [6, 6.07) is 0. The summed E-state index contributed by atoms with van der Waals surface area (Å²) in [6.45, 7) is 3.82. The normalized spacial score (nSPS) is 23.0. The summed E-state index contributed by atoms with van der Waals surface area (Å²) in [5, 5.41) is 3.49. The van der Waals surface area contributed by atoms with Gasteiger partial charge in [-0.05, 0) is 25.8 Å². The van der Waals surface area contributed by atoms with Crippen molar-refractivity contribution >= 4 is 21.4 Å². The van der Waals surface area contributed by atoms with Crippen molar-refractivity contribution in [1.29, 1.82) is 0 Å². The predicted octanol–water partition coefficient (Wildman–Crippen LogP) is 2.27. The average molecular weight is 344 g/mol. The van der Waals surface area contributed by atoms with E-state index in [1.165, 1.54) is 36.9 Å². The van der Waals surface area contributed by atoms with E-state index in [9.17, 15) is 8.42 Å². The lowest BCUT2D eigenvalue weighted by Crippen LogP contribution is -2.34.